The van der Waals surface area contributed by atoms with E-state index in [1.807, 2.05) is 40.9 Å². The molecule has 1 aliphatic heterocycles. The standard InChI is InChI=1S/C20H21FN4O/c1-24-10-2-3-19(24)20(26)25-11-8-15(9-12-25)18-13-17(22-23-18)14-4-6-16(21)7-5-14/h2-7,10,13,15H,8-9,11-12H2,1H3,(H,22,23). The largest absolute Gasteiger partial charge is 0.347 e. The van der Waals surface area contributed by atoms with Crippen molar-refractivity contribution >= 4 is 5.91 Å². The summed E-state index contributed by atoms with van der Waals surface area (Å²) in [5.41, 5.74) is 3.52. The summed E-state index contributed by atoms with van der Waals surface area (Å²) in [5, 5.41) is 7.48. The van der Waals surface area contributed by atoms with Crippen molar-refractivity contribution in [3.8, 4) is 11.3 Å². The highest BCUT2D eigenvalue weighted by molar-refractivity contribution is 5.92. The molecule has 1 fully saturated rings. The van der Waals surface area contributed by atoms with Crippen molar-refractivity contribution in [3.05, 3.63) is 65.9 Å². The minimum atomic E-state index is -0.250. The highest BCUT2D eigenvalue weighted by atomic mass is 19.1. The number of rotatable bonds is 3. The monoisotopic (exact) mass is 352 g/mol. The molecule has 1 aliphatic rings. The van der Waals surface area contributed by atoms with E-state index in [9.17, 15) is 9.18 Å². The number of carbonyl (C=O) groups excluding carboxylic acids is 1. The molecule has 0 aliphatic carbocycles. The Morgan fingerprint density at radius 2 is 1.92 bits per heavy atom. The molecule has 0 atom stereocenters. The lowest BCUT2D eigenvalue weighted by molar-refractivity contribution is 0.0702. The maximum Gasteiger partial charge on any atom is 0.270 e. The Bertz CT molecular complexity index is 904. The van der Waals surface area contributed by atoms with Gasteiger partial charge in [0.15, 0.2) is 0 Å². The number of amides is 1. The third-order valence-electron chi connectivity index (χ3n) is 5.12. The molecule has 6 heteroatoms. The fraction of sp³-hybridized carbons (Fsp3) is 0.300. The first-order valence-corrected chi connectivity index (χ1v) is 8.83. The third-order valence-corrected chi connectivity index (χ3v) is 5.12. The van der Waals surface area contributed by atoms with E-state index in [2.05, 4.69) is 10.2 Å². The van der Waals surface area contributed by atoms with Crippen LogP contribution in [0.2, 0.25) is 0 Å². The number of piperidine rings is 1. The second-order valence-electron chi connectivity index (χ2n) is 6.79. The van der Waals surface area contributed by atoms with E-state index >= 15 is 0 Å². The van der Waals surface area contributed by atoms with Crippen LogP contribution >= 0.6 is 0 Å². The molecule has 1 amide bonds. The summed E-state index contributed by atoms with van der Waals surface area (Å²) in [7, 11) is 1.89. The van der Waals surface area contributed by atoms with Gasteiger partial charge in [0.1, 0.15) is 11.5 Å². The van der Waals surface area contributed by atoms with Gasteiger partial charge >= 0.3 is 0 Å². The molecule has 4 rings (SSSR count). The number of hydrogen-bond donors (Lipinski definition) is 1. The second-order valence-corrected chi connectivity index (χ2v) is 6.79. The molecule has 134 valence electrons. The normalized spacial score (nSPS) is 15.4. The number of nitrogens with zero attached hydrogens (tertiary/aromatic N) is 3. The number of likely N-dealkylation sites (tertiary alicyclic amines) is 1. The van der Waals surface area contributed by atoms with Gasteiger partial charge in [-0.05, 0) is 55.3 Å². The molecule has 0 spiro atoms. The Labute approximate surface area is 151 Å². The van der Waals surface area contributed by atoms with Crippen molar-refractivity contribution in [1.82, 2.24) is 19.7 Å². The van der Waals surface area contributed by atoms with Crippen LogP contribution in [0, 0.1) is 5.82 Å². The average Bonchev–Trinajstić information content (AvgIpc) is 3.31. The Hall–Kier alpha value is -2.89. The lowest BCUT2D eigenvalue weighted by Gasteiger charge is -2.31. The zero-order chi connectivity index (χ0) is 18.1. The van der Waals surface area contributed by atoms with Crippen molar-refractivity contribution in [2.45, 2.75) is 18.8 Å². The van der Waals surface area contributed by atoms with Crippen LogP contribution in [0.15, 0.2) is 48.7 Å². The van der Waals surface area contributed by atoms with Crippen LogP contribution in [-0.2, 0) is 7.05 Å². The third kappa shape index (κ3) is 3.14. The van der Waals surface area contributed by atoms with Gasteiger partial charge in [0.25, 0.3) is 5.91 Å². The number of H-pyrrole nitrogens is 1. The van der Waals surface area contributed by atoms with Crippen LogP contribution in [0.25, 0.3) is 11.3 Å². The van der Waals surface area contributed by atoms with Gasteiger partial charge in [-0.2, -0.15) is 5.10 Å². The molecule has 0 bridgehead atoms. The SMILES string of the molecule is Cn1cccc1C(=O)N1CCC(c2cc(-c3ccc(F)cc3)n[nH]2)CC1. The number of benzene rings is 1. The number of nitrogens with one attached hydrogen (secondary N) is 1. The zero-order valence-electron chi connectivity index (χ0n) is 14.7. The fourth-order valence-electron chi connectivity index (χ4n) is 3.55. The van der Waals surface area contributed by atoms with Crippen LogP contribution < -0.4 is 0 Å². The summed E-state index contributed by atoms with van der Waals surface area (Å²) >= 11 is 0. The summed E-state index contributed by atoms with van der Waals surface area (Å²) in [4.78, 5) is 14.5. The van der Waals surface area contributed by atoms with Crippen molar-refractivity contribution in [2.75, 3.05) is 13.1 Å². The van der Waals surface area contributed by atoms with E-state index in [-0.39, 0.29) is 11.7 Å². The number of aromatic amines is 1. The lowest BCUT2D eigenvalue weighted by atomic mass is 9.93. The topological polar surface area (TPSA) is 53.9 Å². The van der Waals surface area contributed by atoms with Gasteiger partial charge in [0.05, 0.1) is 5.69 Å². The first-order chi connectivity index (χ1) is 12.6. The Morgan fingerprint density at radius 3 is 2.58 bits per heavy atom. The minimum Gasteiger partial charge on any atom is -0.347 e. The number of aromatic nitrogens is 3. The van der Waals surface area contributed by atoms with Gasteiger partial charge in [-0.3, -0.25) is 9.89 Å². The van der Waals surface area contributed by atoms with Crippen LogP contribution in [0.1, 0.15) is 34.9 Å². The van der Waals surface area contributed by atoms with Crippen molar-refractivity contribution in [2.24, 2.45) is 7.05 Å². The molecule has 1 aromatic carbocycles. The summed E-state index contributed by atoms with van der Waals surface area (Å²) in [5.74, 6) is 0.196. The highest BCUT2D eigenvalue weighted by Crippen LogP contribution is 2.30. The van der Waals surface area contributed by atoms with E-state index in [1.54, 1.807) is 12.1 Å². The molecule has 1 N–H and O–H groups in total. The quantitative estimate of drug-likeness (QED) is 0.783. The first kappa shape index (κ1) is 16.6. The lowest BCUT2D eigenvalue weighted by Crippen LogP contribution is -2.38. The zero-order valence-corrected chi connectivity index (χ0v) is 14.7. The van der Waals surface area contributed by atoms with E-state index < -0.39 is 0 Å². The van der Waals surface area contributed by atoms with Gasteiger partial charge in [0.2, 0.25) is 0 Å². The summed E-state index contributed by atoms with van der Waals surface area (Å²) in [6, 6.07) is 12.1. The van der Waals surface area contributed by atoms with Crippen LogP contribution in [0.4, 0.5) is 4.39 Å². The molecule has 0 radical (unpaired) electrons. The number of carbonyl (C=O) groups is 1. The van der Waals surface area contributed by atoms with Crippen LogP contribution in [-0.4, -0.2) is 38.7 Å². The molecule has 3 heterocycles. The number of halogens is 1. The van der Waals surface area contributed by atoms with Gasteiger partial charge in [-0.25, -0.2) is 4.39 Å². The first-order valence-electron chi connectivity index (χ1n) is 8.83. The van der Waals surface area contributed by atoms with Gasteiger partial charge in [0, 0.05) is 43.5 Å². The number of hydrogen-bond acceptors (Lipinski definition) is 2. The second kappa shape index (κ2) is 6.78. The van der Waals surface area contributed by atoms with E-state index in [0.717, 1.165) is 48.6 Å². The summed E-state index contributed by atoms with van der Waals surface area (Å²) < 4.78 is 14.9. The molecular formula is C20H21FN4O. The maximum atomic E-state index is 13.1. The predicted octanol–water partition coefficient (Wildman–Crippen LogP) is 3.57. The van der Waals surface area contributed by atoms with Crippen LogP contribution in [0.5, 0.6) is 0 Å². The van der Waals surface area contributed by atoms with Gasteiger partial charge < -0.3 is 9.47 Å². The predicted molar refractivity (Wildman–Crippen MR) is 97.3 cm³/mol. The molecule has 5 nitrogen and oxygen atoms in total. The maximum absolute atomic E-state index is 13.1. The van der Waals surface area contributed by atoms with Crippen LogP contribution in [0.3, 0.4) is 0 Å². The fourth-order valence-corrected chi connectivity index (χ4v) is 3.55. The van der Waals surface area contributed by atoms with Gasteiger partial charge in [-0.1, -0.05) is 0 Å². The minimum absolute atomic E-state index is 0.0903. The van der Waals surface area contributed by atoms with E-state index in [1.165, 1.54) is 12.1 Å². The molecule has 0 saturated carbocycles. The number of aryl methyl sites for hydroxylation is 1. The molecular weight excluding hydrogens is 331 g/mol. The molecule has 2 aromatic heterocycles. The van der Waals surface area contributed by atoms with Gasteiger partial charge in [-0.15, -0.1) is 0 Å². The summed E-state index contributed by atoms with van der Waals surface area (Å²) in [6.45, 7) is 1.47. The molecule has 0 unspecified atom stereocenters. The Morgan fingerprint density at radius 1 is 1.19 bits per heavy atom. The Balaban J connectivity index is 1.41. The molecule has 1 saturated heterocycles. The average molecular weight is 352 g/mol. The van der Waals surface area contributed by atoms with Crippen molar-refractivity contribution < 1.29 is 9.18 Å². The summed E-state index contributed by atoms with van der Waals surface area (Å²) in [6.07, 6.45) is 3.70. The molecule has 26 heavy (non-hydrogen) atoms. The Kier molecular flexibility index (Phi) is 4.32. The smallest absolute Gasteiger partial charge is 0.270 e. The highest BCUT2D eigenvalue weighted by Gasteiger charge is 2.26. The van der Waals surface area contributed by atoms with Crippen molar-refractivity contribution in [1.29, 1.82) is 0 Å². The van der Waals surface area contributed by atoms with E-state index in [4.69, 9.17) is 0 Å². The van der Waals surface area contributed by atoms with Crippen molar-refractivity contribution in [3.63, 3.8) is 0 Å². The van der Waals surface area contributed by atoms with E-state index in [0.29, 0.717) is 5.92 Å². The molecule has 3 aromatic rings.